The average molecular weight is 254 g/mol. The molecule has 0 aliphatic heterocycles. The Bertz CT molecular complexity index is 282. The quantitative estimate of drug-likeness (QED) is 0.667. The van der Waals surface area contributed by atoms with Gasteiger partial charge in [-0.3, -0.25) is 4.79 Å². The van der Waals surface area contributed by atoms with Crippen molar-refractivity contribution in [3.63, 3.8) is 0 Å². The summed E-state index contributed by atoms with van der Waals surface area (Å²) in [4.78, 5) is 11.5. The highest BCUT2D eigenvalue weighted by Crippen LogP contribution is 2.33. The zero-order valence-electron chi connectivity index (χ0n) is 11.4. The molecule has 2 rings (SSSR count). The number of amides is 1. The molecule has 2 aliphatic rings. The van der Waals surface area contributed by atoms with Crippen molar-refractivity contribution in [3.8, 4) is 0 Å². The third kappa shape index (κ3) is 4.25. The molecule has 2 fully saturated rings. The molecule has 0 unspecified atom stereocenters. The molecule has 4 nitrogen and oxygen atoms in total. The molecule has 3 N–H and O–H groups in total. The lowest BCUT2D eigenvalue weighted by Crippen LogP contribution is -2.46. The Morgan fingerprint density at radius 2 is 1.94 bits per heavy atom. The average Bonchev–Trinajstić information content (AvgIpc) is 3.14. The van der Waals surface area contributed by atoms with Gasteiger partial charge in [-0.05, 0) is 44.4 Å². The highest BCUT2D eigenvalue weighted by Gasteiger charge is 2.32. The van der Waals surface area contributed by atoms with Crippen LogP contribution in [0.4, 0.5) is 0 Å². The number of hydrogen-bond acceptors (Lipinski definition) is 3. The second-order valence-corrected chi connectivity index (χ2v) is 6.02. The van der Waals surface area contributed by atoms with Crippen molar-refractivity contribution >= 4 is 5.91 Å². The smallest absolute Gasteiger partial charge is 0.234 e. The molecule has 0 spiro atoms. The molecule has 0 aromatic carbocycles. The molecular formula is C14H26N2O2. The van der Waals surface area contributed by atoms with Crippen molar-refractivity contribution in [2.45, 2.75) is 63.5 Å². The van der Waals surface area contributed by atoms with Crippen LogP contribution in [0.3, 0.4) is 0 Å². The second-order valence-electron chi connectivity index (χ2n) is 6.02. The van der Waals surface area contributed by atoms with Crippen molar-refractivity contribution in [1.29, 1.82) is 0 Å². The summed E-state index contributed by atoms with van der Waals surface area (Å²) in [5.74, 6) is 0.840. The minimum Gasteiger partial charge on any atom is -0.389 e. The van der Waals surface area contributed by atoms with E-state index in [1.807, 2.05) is 0 Å². The first-order valence-corrected chi connectivity index (χ1v) is 7.34. The van der Waals surface area contributed by atoms with Gasteiger partial charge >= 0.3 is 0 Å². The summed E-state index contributed by atoms with van der Waals surface area (Å²) in [5, 5.41) is 16.4. The van der Waals surface area contributed by atoms with Crippen LogP contribution >= 0.6 is 0 Å². The van der Waals surface area contributed by atoms with Gasteiger partial charge in [0.25, 0.3) is 0 Å². The number of hydrogen-bond donors (Lipinski definition) is 3. The minimum absolute atomic E-state index is 0.0587. The monoisotopic (exact) mass is 254 g/mol. The van der Waals surface area contributed by atoms with Crippen LogP contribution < -0.4 is 10.6 Å². The molecule has 1 amide bonds. The van der Waals surface area contributed by atoms with Gasteiger partial charge in [0.2, 0.25) is 5.91 Å². The molecule has 0 atom stereocenters. The van der Waals surface area contributed by atoms with E-state index in [-0.39, 0.29) is 5.91 Å². The third-order valence-corrected chi connectivity index (χ3v) is 4.30. The Kier molecular flexibility index (Phi) is 4.62. The SMILES string of the molecule is CCC1CCC(O)(CNCC(=O)NC2CC2)CC1. The summed E-state index contributed by atoms with van der Waals surface area (Å²) < 4.78 is 0. The second kappa shape index (κ2) is 6.02. The number of nitrogens with one attached hydrogen (secondary N) is 2. The first-order valence-electron chi connectivity index (χ1n) is 7.34. The van der Waals surface area contributed by atoms with Crippen molar-refractivity contribution < 1.29 is 9.90 Å². The van der Waals surface area contributed by atoms with E-state index in [2.05, 4.69) is 17.6 Å². The largest absolute Gasteiger partial charge is 0.389 e. The van der Waals surface area contributed by atoms with Gasteiger partial charge in [-0.2, -0.15) is 0 Å². The molecule has 0 heterocycles. The highest BCUT2D eigenvalue weighted by molar-refractivity contribution is 5.78. The van der Waals surface area contributed by atoms with E-state index in [1.54, 1.807) is 0 Å². The van der Waals surface area contributed by atoms with Gasteiger partial charge in [0, 0.05) is 12.6 Å². The van der Waals surface area contributed by atoms with Gasteiger partial charge in [-0.15, -0.1) is 0 Å². The van der Waals surface area contributed by atoms with E-state index in [4.69, 9.17) is 0 Å². The lowest BCUT2D eigenvalue weighted by Gasteiger charge is -2.35. The fourth-order valence-electron chi connectivity index (χ4n) is 2.72. The summed E-state index contributed by atoms with van der Waals surface area (Å²) >= 11 is 0. The van der Waals surface area contributed by atoms with Crippen LogP contribution in [0.15, 0.2) is 0 Å². The van der Waals surface area contributed by atoms with Crippen LogP contribution in [0.25, 0.3) is 0 Å². The van der Waals surface area contributed by atoms with Crippen LogP contribution in [-0.4, -0.2) is 35.7 Å². The lowest BCUT2D eigenvalue weighted by molar-refractivity contribution is -0.120. The van der Waals surface area contributed by atoms with E-state index in [9.17, 15) is 9.90 Å². The van der Waals surface area contributed by atoms with Crippen molar-refractivity contribution in [2.75, 3.05) is 13.1 Å². The number of aliphatic hydroxyl groups is 1. The normalized spacial score (nSPS) is 32.2. The molecule has 0 aromatic heterocycles. The molecule has 2 aliphatic carbocycles. The number of rotatable bonds is 6. The standard InChI is InChI=1S/C14H26N2O2/c1-2-11-5-7-14(18,8-6-11)10-15-9-13(17)16-12-3-4-12/h11-12,15,18H,2-10H2,1H3,(H,16,17). The first-order chi connectivity index (χ1) is 8.61. The van der Waals surface area contributed by atoms with E-state index in [0.29, 0.717) is 19.1 Å². The van der Waals surface area contributed by atoms with Gasteiger partial charge in [0.15, 0.2) is 0 Å². The molecule has 104 valence electrons. The summed E-state index contributed by atoms with van der Waals surface area (Å²) in [6, 6.07) is 0.419. The summed E-state index contributed by atoms with van der Waals surface area (Å²) in [5.41, 5.74) is -0.592. The third-order valence-electron chi connectivity index (χ3n) is 4.30. The van der Waals surface area contributed by atoms with Crippen molar-refractivity contribution in [2.24, 2.45) is 5.92 Å². The summed E-state index contributed by atoms with van der Waals surface area (Å²) in [6.07, 6.45) is 7.41. The Morgan fingerprint density at radius 1 is 1.28 bits per heavy atom. The molecule has 0 radical (unpaired) electrons. The fourth-order valence-corrected chi connectivity index (χ4v) is 2.72. The predicted octanol–water partition coefficient (Wildman–Crippen LogP) is 1.19. The zero-order valence-corrected chi connectivity index (χ0v) is 11.4. The Morgan fingerprint density at radius 3 is 2.50 bits per heavy atom. The Labute approximate surface area is 110 Å². The van der Waals surface area contributed by atoms with Gasteiger partial charge in [0.05, 0.1) is 12.1 Å². The maximum absolute atomic E-state index is 11.5. The van der Waals surface area contributed by atoms with Gasteiger partial charge in [0.1, 0.15) is 0 Å². The van der Waals surface area contributed by atoms with Crippen LogP contribution in [0.1, 0.15) is 51.9 Å². The van der Waals surface area contributed by atoms with Crippen molar-refractivity contribution in [3.05, 3.63) is 0 Å². The molecule has 4 heteroatoms. The van der Waals surface area contributed by atoms with Crippen molar-refractivity contribution in [1.82, 2.24) is 10.6 Å². The first kappa shape index (κ1) is 13.8. The van der Waals surface area contributed by atoms with Crippen LogP contribution in [0.2, 0.25) is 0 Å². The molecule has 0 aromatic rings. The Balaban J connectivity index is 1.61. The zero-order chi connectivity index (χ0) is 13.0. The molecule has 0 bridgehead atoms. The van der Waals surface area contributed by atoms with Crippen LogP contribution in [0, 0.1) is 5.92 Å². The van der Waals surface area contributed by atoms with E-state index >= 15 is 0 Å². The van der Waals surface area contributed by atoms with Gasteiger partial charge in [-0.25, -0.2) is 0 Å². The molecule has 0 saturated heterocycles. The lowest BCUT2D eigenvalue weighted by atomic mass is 9.78. The van der Waals surface area contributed by atoms with Crippen LogP contribution in [-0.2, 0) is 4.79 Å². The topological polar surface area (TPSA) is 61.4 Å². The number of carbonyl (C=O) groups excluding carboxylic acids is 1. The van der Waals surface area contributed by atoms with E-state index in [1.165, 1.54) is 6.42 Å². The molecular weight excluding hydrogens is 228 g/mol. The maximum atomic E-state index is 11.5. The highest BCUT2D eigenvalue weighted by atomic mass is 16.3. The fraction of sp³-hybridized carbons (Fsp3) is 0.929. The van der Waals surface area contributed by atoms with Crippen LogP contribution in [0.5, 0.6) is 0 Å². The summed E-state index contributed by atoms with van der Waals surface area (Å²) in [7, 11) is 0. The van der Waals surface area contributed by atoms with E-state index in [0.717, 1.165) is 44.4 Å². The molecule has 18 heavy (non-hydrogen) atoms. The Hall–Kier alpha value is -0.610. The summed E-state index contributed by atoms with van der Waals surface area (Å²) in [6.45, 7) is 3.09. The molecule has 2 saturated carbocycles. The minimum atomic E-state index is -0.592. The van der Waals surface area contributed by atoms with E-state index < -0.39 is 5.60 Å². The number of carbonyl (C=O) groups is 1. The predicted molar refractivity (Wildman–Crippen MR) is 71.2 cm³/mol. The van der Waals surface area contributed by atoms with Gasteiger partial charge < -0.3 is 15.7 Å². The maximum Gasteiger partial charge on any atom is 0.234 e. The van der Waals surface area contributed by atoms with Gasteiger partial charge in [-0.1, -0.05) is 13.3 Å².